The molecule has 0 fully saturated rings. The maximum absolute atomic E-state index is 13.5. The lowest BCUT2D eigenvalue weighted by molar-refractivity contribution is 0.312. The van der Waals surface area contributed by atoms with Gasteiger partial charge in [0.25, 0.3) is 0 Å². The van der Waals surface area contributed by atoms with E-state index in [0.717, 1.165) is 6.07 Å². The molecule has 21 heavy (non-hydrogen) atoms. The third-order valence-electron chi connectivity index (χ3n) is 2.47. The number of benzene rings is 1. The third-order valence-corrected chi connectivity index (χ3v) is 2.47. The number of hydrogen-bond acceptors (Lipinski definition) is 7. The molecule has 7 nitrogen and oxygen atoms in total. The fourth-order valence-electron chi connectivity index (χ4n) is 1.53. The van der Waals surface area contributed by atoms with Crippen molar-refractivity contribution in [2.45, 2.75) is 13.5 Å². The summed E-state index contributed by atoms with van der Waals surface area (Å²) in [5.41, 5.74) is 2.55. The fraction of sp³-hybridized carbons (Fsp3) is 0.250. The van der Waals surface area contributed by atoms with Crippen LogP contribution in [0.4, 0.5) is 20.7 Å². The number of nitrogen functional groups attached to an aromatic ring is 1. The lowest BCUT2D eigenvalue weighted by atomic mass is 10.2. The zero-order valence-corrected chi connectivity index (χ0v) is 11.2. The molecule has 0 radical (unpaired) electrons. The van der Waals surface area contributed by atoms with Crippen LogP contribution in [0.15, 0.2) is 18.2 Å². The monoisotopic (exact) mass is 296 g/mol. The molecule has 9 heteroatoms. The Morgan fingerprint density at radius 1 is 1.19 bits per heavy atom. The van der Waals surface area contributed by atoms with Gasteiger partial charge >= 0.3 is 6.01 Å². The van der Waals surface area contributed by atoms with Gasteiger partial charge < -0.3 is 10.1 Å². The molecule has 112 valence electrons. The minimum Gasteiger partial charge on any atom is -0.464 e. The van der Waals surface area contributed by atoms with Gasteiger partial charge in [0.15, 0.2) is 0 Å². The second-order valence-electron chi connectivity index (χ2n) is 3.93. The number of hydrazine groups is 1. The van der Waals surface area contributed by atoms with Crippen molar-refractivity contribution in [3.63, 3.8) is 0 Å². The Balaban J connectivity index is 2.13. The molecular weight excluding hydrogens is 282 g/mol. The van der Waals surface area contributed by atoms with Gasteiger partial charge in [-0.1, -0.05) is 6.07 Å². The van der Waals surface area contributed by atoms with Crippen molar-refractivity contribution in [3.8, 4) is 6.01 Å². The summed E-state index contributed by atoms with van der Waals surface area (Å²) < 4.78 is 31.5. The minimum atomic E-state index is -0.654. The summed E-state index contributed by atoms with van der Waals surface area (Å²) in [6.45, 7) is 2.23. The van der Waals surface area contributed by atoms with Crippen LogP contribution in [0.2, 0.25) is 0 Å². The molecule has 0 aliphatic carbocycles. The summed E-state index contributed by atoms with van der Waals surface area (Å²) >= 11 is 0. The number of halogens is 2. The van der Waals surface area contributed by atoms with E-state index < -0.39 is 11.6 Å². The van der Waals surface area contributed by atoms with Crippen molar-refractivity contribution < 1.29 is 13.5 Å². The number of nitrogens with one attached hydrogen (secondary N) is 2. The molecule has 0 atom stereocenters. The van der Waals surface area contributed by atoms with E-state index in [2.05, 4.69) is 25.7 Å². The summed E-state index contributed by atoms with van der Waals surface area (Å²) in [6.07, 6.45) is 0. The summed E-state index contributed by atoms with van der Waals surface area (Å²) in [5.74, 6) is 4.22. The Hall–Kier alpha value is -2.55. The quantitative estimate of drug-likeness (QED) is 0.548. The summed E-state index contributed by atoms with van der Waals surface area (Å²) in [7, 11) is 0. The van der Waals surface area contributed by atoms with Crippen molar-refractivity contribution in [1.82, 2.24) is 15.0 Å². The molecule has 0 aliphatic heterocycles. The van der Waals surface area contributed by atoms with Crippen molar-refractivity contribution in [2.75, 3.05) is 17.3 Å². The van der Waals surface area contributed by atoms with Gasteiger partial charge in [-0.3, -0.25) is 5.43 Å². The Morgan fingerprint density at radius 2 is 1.95 bits per heavy atom. The fourth-order valence-corrected chi connectivity index (χ4v) is 1.53. The van der Waals surface area contributed by atoms with Crippen molar-refractivity contribution in [3.05, 3.63) is 35.4 Å². The Morgan fingerprint density at radius 3 is 2.62 bits per heavy atom. The number of ether oxygens (including phenoxy) is 1. The number of nitrogens with two attached hydrogens (primary N) is 1. The topological polar surface area (TPSA) is 98.0 Å². The normalized spacial score (nSPS) is 10.3. The van der Waals surface area contributed by atoms with Crippen LogP contribution < -0.4 is 21.3 Å². The summed E-state index contributed by atoms with van der Waals surface area (Å²) in [6, 6.07) is 3.40. The molecule has 1 heterocycles. The van der Waals surface area contributed by atoms with E-state index in [1.807, 2.05) is 0 Å². The van der Waals surface area contributed by atoms with Crippen LogP contribution >= 0.6 is 0 Å². The number of rotatable bonds is 6. The molecule has 0 spiro atoms. The lowest BCUT2D eigenvalue weighted by Gasteiger charge is -2.09. The molecule has 0 saturated heterocycles. The van der Waals surface area contributed by atoms with Crippen molar-refractivity contribution in [2.24, 2.45) is 5.84 Å². The second-order valence-corrected chi connectivity index (χ2v) is 3.93. The molecule has 2 aromatic rings. The van der Waals surface area contributed by atoms with Gasteiger partial charge in [0.1, 0.15) is 11.6 Å². The van der Waals surface area contributed by atoms with Gasteiger partial charge in [-0.25, -0.2) is 14.6 Å². The SMILES string of the molecule is CCOc1nc(NN)nc(NCc2ccc(F)cc2F)n1. The molecule has 0 unspecified atom stereocenters. The average molecular weight is 296 g/mol. The third kappa shape index (κ3) is 3.96. The van der Waals surface area contributed by atoms with E-state index in [-0.39, 0.29) is 30.0 Å². The van der Waals surface area contributed by atoms with Crippen LogP contribution in [0.3, 0.4) is 0 Å². The average Bonchev–Trinajstić information content (AvgIpc) is 2.46. The molecule has 0 bridgehead atoms. The van der Waals surface area contributed by atoms with Gasteiger partial charge in [-0.05, 0) is 13.0 Å². The highest BCUT2D eigenvalue weighted by molar-refractivity contribution is 5.36. The predicted molar refractivity (Wildman–Crippen MR) is 72.5 cm³/mol. The van der Waals surface area contributed by atoms with Gasteiger partial charge in [-0.15, -0.1) is 0 Å². The molecule has 0 saturated carbocycles. The van der Waals surface area contributed by atoms with Crippen molar-refractivity contribution >= 4 is 11.9 Å². The summed E-state index contributed by atoms with van der Waals surface area (Å²) in [4.78, 5) is 11.8. The maximum Gasteiger partial charge on any atom is 0.323 e. The highest BCUT2D eigenvalue weighted by Crippen LogP contribution is 2.14. The largest absolute Gasteiger partial charge is 0.464 e. The second kappa shape index (κ2) is 6.75. The molecule has 0 aliphatic rings. The molecule has 1 aromatic heterocycles. The first-order valence-corrected chi connectivity index (χ1v) is 6.15. The Kier molecular flexibility index (Phi) is 4.77. The van der Waals surface area contributed by atoms with Crippen LogP contribution in [-0.2, 0) is 6.54 Å². The van der Waals surface area contributed by atoms with Crippen LogP contribution in [0.25, 0.3) is 0 Å². The van der Waals surface area contributed by atoms with E-state index >= 15 is 0 Å². The molecule has 2 rings (SSSR count). The van der Waals surface area contributed by atoms with E-state index in [1.54, 1.807) is 6.92 Å². The van der Waals surface area contributed by atoms with Gasteiger partial charge in [0, 0.05) is 18.2 Å². The van der Waals surface area contributed by atoms with Crippen LogP contribution in [0, 0.1) is 11.6 Å². The first-order chi connectivity index (χ1) is 10.1. The van der Waals surface area contributed by atoms with Gasteiger partial charge in [-0.2, -0.15) is 15.0 Å². The smallest absolute Gasteiger partial charge is 0.323 e. The number of anilines is 2. The van der Waals surface area contributed by atoms with E-state index in [0.29, 0.717) is 6.61 Å². The predicted octanol–water partition coefficient (Wildman–Crippen LogP) is 1.45. The molecular formula is C12H14F2N6O. The number of nitrogens with zero attached hydrogens (tertiary/aromatic N) is 3. The number of aromatic nitrogens is 3. The Labute approximate surface area is 119 Å². The highest BCUT2D eigenvalue weighted by atomic mass is 19.1. The lowest BCUT2D eigenvalue weighted by Crippen LogP contribution is -2.14. The minimum absolute atomic E-state index is 0.0751. The summed E-state index contributed by atoms with van der Waals surface area (Å²) in [5, 5.41) is 2.79. The van der Waals surface area contributed by atoms with E-state index in [1.165, 1.54) is 12.1 Å². The standard InChI is InChI=1S/C12H14F2N6O/c1-2-21-12-18-10(17-11(19-12)20-15)16-6-7-3-4-8(13)5-9(7)14/h3-5H,2,6,15H2,1H3,(H2,16,17,18,19,20). The van der Waals surface area contributed by atoms with Crippen LogP contribution in [0.5, 0.6) is 6.01 Å². The van der Waals surface area contributed by atoms with Gasteiger partial charge in [0.05, 0.1) is 6.61 Å². The van der Waals surface area contributed by atoms with E-state index in [9.17, 15) is 8.78 Å². The first-order valence-electron chi connectivity index (χ1n) is 6.15. The molecule has 1 aromatic carbocycles. The Bertz CT molecular complexity index is 625. The zero-order valence-electron chi connectivity index (χ0n) is 11.2. The van der Waals surface area contributed by atoms with Crippen LogP contribution in [-0.4, -0.2) is 21.6 Å². The zero-order chi connectivity index (χ0) is 15.2. The molecule has 0 amide bonds. The van der Waals surface area contributed by atoms with Gasteiger partial charge in [0.2, 0.25) is 11.9 Å². The maximum atomic E-state index is 13.5. The first kappa shape index (κ1) is 14.9. The highest BCUT2D eigenvalue weighted by Gasteiger charge is 2.08. The number of hydrogen-bond donors (Lipinski definition) is 3. The van der Waals surface area contributed by atoms with Crippen molar-refractivity contribution in [1.29, 1.82) is 0 Å². The molecule has 4 N–H and O–H groups in total. The van der Waals surface area contributed by atoms with E-state index in [4.69, 9.17) is 10.6 Å². The van der Waals surface area contributed by atoms with Crippen LogP contribution in [0.1, 0.15) is 12.5 Å².